The first-order chi connectivity index (χ1) is 15.1. The van der Waals surface area contributed by atoms with Crippen LogP contribution in [0.2, 0.25) is 0 Å². The van der Waals surface area contributed by atoms with Crippen LogP contribution in [0.4, 0.5) is 5.69 Å². The van der Waals surface area contributed by atoms with Gasteiger partial charge in [0.1, 0.15) is 0 Å². The molecule has 166 valence electrons. The number of rotatable bonds is 8. The predicted molar refractivity (Wildman–Crippen MR) is 127 cm³/mol. The lowest BCUT2D eigenvalue weighted by molar-refractivity contribution is 0.0773. The standard InChI is InChI=1S/C26H36N4O/c1-3-29(4-2)26(31)22-12-10-21(11-13-22)25(23-6-5-7-24(27)18-23)30-16-14-28(15-17-30)19-20-8-9-20/h5-7,10-13,18,20,25H,3-4,8-9,14-17,19,27H2,1-2H3. The Morgan fingerprint density at radius 1 is 1.00 bits per heavy atom. The lowest BCUT2D eigenvalue weighted by Crippen LogP contribution is -2.48. The minimum Gasteiger partial charge on any atom is -0.399 e. The smallest absolute Gasteiger partial charge is 0.253 e. The summed E-state index contributed by atoms with van der Waals surface area (Å²) in [5.41, 5.74) is 10.1. The van der Waals surface area contributed by atoms with Gasteiger partial charge in [0.15, 0.2) is 0 Å². The van der Waals surface area contributed by atoms with Crippen LogP contribution in [-0.4, -0.2) is 66.4 Å². The average Bonchev–Trinajstić information content (AvgIpc) is 3.60. The Hall–Kier alpha value is -2.37. The normalized spacial score (nSPS) is 18.6. The largest absolute Gasteiger partial charge is 0.399 e. The van der Waals surface area contributed by atoms with Crippen LogP contribution < -0.4 is 5.73 Å². The molecule has 1 saturated heterocycles. The second-order valence-electron chi connectivity index (χ2n) is 8.95. The number of nitrogen functional groups attached to an aromatic ring is 1. The fourth-order valence-electron chi connectivity index (χ4n) is 4.71. The van der Waals surface area contributed by atoms with Crippen LogP contribution >= 0.6 is 0 Å². The number of anilines is 1. The van der Waals surface area contributed by atoms with Gasteiger partial charge in [-0.15, -0.1) is 0 Å². The molecule has 1 atom stereocenters. The fraction of sp³-hybridized carbons (Fsp3) is 0.500. The van der Waals surface area contributed by atoms with E-state index in [-0.39, 0.29) is 11.9 Å². The van der Waals surface area contributed by atoms with E-state index in [0.717, 1.165) is 56.4 Å². The van der Waals surface area contributed by atoms with Crippen LogP contribution in [0.25, 0.3) is 0 Å². The molecule has 1 saturated carbocycles. The zero-order chi connectivity index (χ0) is 21.8. The van der Waals surface area contributed by atoms with Crippen molar-refractivity contribution in [3.63, 3.8) is 0 Å². The van der Waals surface area contributed by atoms with Gasteiger partial charge in [0.25, 0.3) is 5.91 Å². The molecule has 1 aliphatic carbocycles. The van der Waals surface area contributed by atoms with Crippen LogP contribution in [0.15, 0.2) is 48.5 Å². The first-order valence-corrected chi connectivity index (χ1v) is 11.8. The van der Waals surface area contributed by atoms with Crippen molar-refractivity contribution in [2.45, 2.75) is 32.7 Å². The Morgan fingerprint density at radius 3 is 2.26 bits per heavy atom. The number of hydrogen-bond donors (Lipinski definition) is 1. The maximum absolute atomic E-state index is 12.7. The third-order valence-corrected chi connectivity index (χ3v) is 6.74. The maximum atomic E-state index is 12.7. The van der Waals surface area contributed by atoms with Gasteiger partial charge in [-0.3, -0.25) is 9.69 Å². The van der Waals surface area contributed by atoms with Crippen molar-refractivity contribution in [1.82, 2.24) is 14.7 Å². The lowest BCUT2D eigenvalue weighted by Gasteiger charge is -2.40. The molecule has 1 aliphatic heterocycles. The summed E-state index contributed by atoms with van der Waals surface area (Å²) in [4.78, 5) is 19.8. The second kappa shape index (κ2) is 9.84. The van der Waals surface area contributed by atoms with Crippen molar-refractivity contribution in [2.24, 2.45) is 5.92 Å². The van der Waals surface area contributed by atoms with Gasteiger partial charge in [-0.1, -0.05) is 24.3 Å². The molecule has 31 heavy (non-hydrogen) atoms. The van der Waals surface area contributed by atoms with Crippen molar-refractivity contribution in [3.8, 4) is 0 Å². The third kappa shape index (κ3) is 5.28. The van der Waals surface area contributed by atoms with Crippen LogP contribution in [0.3, 0.4) is 0 Å². The molecule has 5 nitrogen and oxygen atoms in total. The second-order valence-corrected chi connectivity index (χ2v) is 8.95. The Morgan fingerprint density at radius 2 is 1.68 bits per heavy atom. The molecule has 2 N–H and O–H groups in total. The SMILES string of the molecule is CCN(CC)C(=O)c1ccc(C(c2cccc(N)c2)N2CCN(CC3CC3)CC2)cc1. The molecule has 2 aliphatic rings. The van der Waals surface area contributed by atoms with Gasteiger partial charge in [0.05, 0.1) is 6.04 Å². The first kappa shape index (κ1) is 21.8. The van der Waals surface area contributed by atoms with Gasteiger partial charge >= 0.3 is 0 Å². The summed E-state index contributed by atoms with van der Waals surface area (Å²) < 4.78 is 0. The van der Waals surface area contributed by atoms with E-state index in [9.17, 15) is 4.79 Å². The van der Waals surface area contributed by atoms with Gasteiger partial charge in [-0.2, -0.15) is 0 Å². The summed E-state index contributed by atoms with van der Waals surface area (Å²) in [5.74, 6) is 1.04. The Balaban J connectivity index is 1.55. The van der Waals surface area contributed by atoms with E-state index in [1.54, 1.807) is 0 Å². The summed E-state index contributed by atoms with van der Waals surface area (Å²) in [6.07, 6.45) is 2.81. The predicted octanol–water partition coefficient (Wildman–Crippen LogP) is 3.87. The number of piperazine rings is 1. The number of nitrogens with two attached hydrogens (primary N) is 1. The zero-order valence-corrected chi connectivity index (χ0v) is 19.0. The molecule has 2 aromatic rings. The molecule has 0 radical (unpaired) electrons. The number of carbonyl (C=O) groups is 1. The van der Waals surface area contributed by atoms with Gasteiger partial charge < -0.3 is 15.5 Å². The molecule has 1 amide bonds. The molecular weight excluding hydrogens is 384 g/mol. The number of nitrogens with zero attached hydrogens (tertiary/aromatic N) is 3. The van der Waals surface area contributed by atoms with E-state index in [4.69, 9.17) is 5.73 Å². The molecule has 1 unspecified atom stereocenters. The van der Waals surface area contributed by atoms with Crippen LogP contribution in [0.5, 0.6) is 0 Å². The maximum Gasteiger partial charge on any atom is 0.253 e. The molecule has 5 heteroatoms. The number of hydrogen-bond acceptors (Lipinski definition) is 4. The summed E-state index contributed by atoms with van der Waals surface area (Å²) in [5, 5.41) is 0. The Kier molecular flexibility index (Phi) is 6.93. The monoisotopic (exact) mass is 420 g/mol. The number of carbonyl (C=O) groups excluding carboxylic acids is 1. The minimum atomic E-state index is 0.103. The molecule has 4 rings (SSSR count). The average molecular weight is 421 g/mol. The van der Waals surface area contributed by atoms with E-state index >= 15 is 0 Å². The molecular formula is C26H36N4O. The zero-order valence-electron chi connectivity index (χ0n) is 19.0. The Labute approximate surface area is 186 Å². The van der Waals surface area contributed by atoms with Crippen LogP contribution in [-0.2, 0) is 0 Å². The highest BCUT2D eigenvalue weighted by molar-refractivity contribution is 5.94. The highest BCUT2D eigenvalue weighted by Gasteiger charge is 2.30. The van der Waals surface area contributed by atoms with Gasteiger partial charge in [0, 0.05) is 57.1 Å². The van der Waals surface area contributed by atoms with E-state index < -0.39 is 0 Å². The van der Waals surface area contributed by atoms with E-state index in [1.165, 1.54) is 30.5 Å². The van der Waals surface area contributed by atoms with Crippen molar-refractivity contribution < 1.29 is 4.79 Å². The quantitative estimate of drug-likeness (QED) is 0.659. The highest BCUT2D eigenvalue weighted by Crippen LogP contribution is 2.33. The van der Waals surface area contributed by atoms with Gasteiger partial charge in [-0.05, 0) is 68.0 Å². The fourth-order valence-corrected chi connectivity index (χ4v) is 4.71. The third-order valence-electron chi connectivity index (χ3n) is 6.74. The minimum absolute atomic E-state index is 0.103. The molecule has 2 aromatic carbocycles. The van der Waals surface area contributed by atoms with Gasteiger partial charge in [0.2, 0.25) is 0 Å². The Bertz CT molecular complexity index is 865. The molecule has 0 spiro atoms. The molecule has 0 aromatic heterocycles. The van der Waals surface area contributed by atoms with Gasteiger partial charge in [-0.25, -0.2) is 0 Å². The molecule has 2 fully saturated rings. The molecule has 1 heterocycles. The lowest BCUT2D eigenvalue weighted by atomic mass is 9.95. The topological polar surface area (TPSA) is 52.8 Å². The van der Waals surface area contributed by atoms with E-state index in [0.29, 0.717) is 0 Å². The molecule has 0 bridgehead atoms. The van der Waals surface area contributed by atoms with Crippen molar-refractivity contribution in [2.75, 3.05) is 51.5 Å². The number of amides is 1. The van der Waals surface area contributed by atoms with Crippen molar-refractivity contribution in [3.05, 3.63) is 65.2 Å². The summed E-state index contributed by atoms with van der Waals surface area (Å²) in [6.45, 7) is 11.1. The summed E-state index contributed by atoms with van der Waals surface area (Å²) in [6, 6.07) is 16.6. The highest BCUT2D eigenvalue weighted by atomic mass is 16.2. The van der Waals surface area contributed by atoms with Crippen LogP contribution in [0.1, 0.15) is 54.2 Å². The first-order valence-electron chi connectivity index (χ1n) is 11.8. The van der Waals surface area contributed by atoms with E-state index in [1.807, 2.05) is 43.0 Å². The number of benzene rings is 2. The van der Waals surface area contributed by atoms with Crippen molar-refractivity contribution >= 4 is 11.6 Å². The van der Waals surface area contributed by atoms with E-state index in [2.05, 4.69) is 34.1 Å². The van der Waals surface area contributed by atoms with Crippen LogP contribution in [0, 0.1) is 5.92 Å². The summed E-state index contributed by atoms with van der Waals surface area (Å²) >= 11 is 0. The van der Waals surface area contributed by atoms with Crippen molar-refractivity contribution in [1.29, 1.82) is 0 Å². The summed E-state index contributed by atoms with van der Waals surface area (Å²) in [7, 11) is 0.